The number of fused-ring (bicyclic) bond motifs is 1. The van der Waals surface area contributed by atoms with Crippen LogP contribution in [0.2, 0.25) is 0 Å². The lowest BCUT2D eigenvalue weighted by atomic mass is 9.96. The summed E-state index contributed by atoms with van der Waals surface area (Å²) in [5.74, 6) is 5.45. The van der Waals surface area contributed by atoms with Crippen LogP contribution in [0.4, 0.5) is 4.39 Å². The predicted molar refractivity (Wildman–Crippen MR) is 136 cm³/mol. The van der Waals surface area contributed by atoms with Crippen molar-refractivity contribution in [1.82, 2.24) is 4.98 Å². The van der Waals surface area contributed by atoms with Crippen LogP contribution in [0.25, 0.3) is 11.3 Å². The fraction of sp³-hybridized carbons (Fsp3) is 0.333. The zero-order valence-electron chi connectivity index (χ0n) is 20.6. The molecular weight excluding hydrogens is 473 g/mol. The van der Waals surface area contributed by atoms with Gasteiger partial charge in [-0.3, -0.25) is 9.78 Å². The van der Waals surface area contributed by atoms with Crippen LogP contribution in [0.3, 0.4) is 0 Å². The van der Waals surface area contributed by atoms with Crippen LogP contribution in [0.1, 0.15) is 54.9 Å². The fourth-order valence-corrected chi connectivity index (χ4v) is 4.98. The summed E-state index contributed by atoms with van der Waals surface area (Å²) in [4.78, 5) is 15.8. The number of carbonyl (C=O) groups is 1. The Balaban J connectivity index is 1.33. The molecule has 3 atom stereocenters. The average molecular weight is 502 g/mol. The standard InChI is InChI=1S/C30H28FNO5/c1-2-3-20(16-29(33)34)19-4-6-21(7-5-19)37-28-13-10-25-24(9-11-26(31)30(25)28)27-12-8-22(17-32-27)36-23-14-15-35-18-23/h4-9,11-12,17,20,23,28H,10,13-16,18H2,1H3,(H,33,34)/t20-,23+,28+/m0/s1. The number of hydrogen-bond donors (Lipinski definition) is 1. The van der Waals surface area contributed by atoms with Gasteiger partial charge in [-0.1, -0.05) is 18.1 Å². The summed E-state index contributed by atoms with van der Waals surface area (Å²) in [6.45, 7) is 2.99. The van der Waals surface area contributed by atoms with E-state index in [0.717, 1.165) is 28.8 Å². The Bertz CT molecular complexity index is 1320. The van der Waals surface area contributed by atoms with Gasteiger partial charge in [0.2, 0.25) is 0 Å². The Kier molecular flexibility index (Phi) is 7.38. The van der Waals surface area contributed by atoms with E-state index in [0.29, 0.717) is 43.1 Å². The molecule has 1 saturated heterocycles. The lowest BCUT2D eigenvalue weighted by molar-refractivity contribution is -0.137. The molecule has 190 valence electrons. The number of halogens is 1. The number of pyridine rings is 1. The minimum Gasteiger partial charge on any atom is -0.486 e. The topological polar surface area (TPSA) is 77.9 Å². The summed E-state index contributed by atoms with van der Waals surface area (Å²) >= 11 is 0. The maximum absolute atomic E-state index is 15.0. The van der Waals surface area contributed by atoms with Gasteiger partial charge in [-0.05, 0) is 67.3 Å². The lowest BCUT2D eigenvalue weighted by Crippen LogP contribution is -2.15. The number of aromatic nitrogens is 1. The molecule has 1 aliphatic carbocycles. The van der Waals surface area contributed by atoms with Crippen molar-refractivity contribution < 1.29 is 28.5 Å². The molecule has 0 spiro atoms. The lowest BCUT2D eigenvalue weighted by Gasteiger charge is -2.17. The highest BCUT2D eigenvalue weighted by atomic mass is 19.1. The van der Waals surface area contributed by atoms with E-state index in [-0.39, 0.29) is 24.3 Å². The minimum absolute atomic E-state index is 0.0531. The molecular formula is C30H28FNO5. The van der Waals surface area contributed by atoms with Gasteiger partial charge >= 0.3 is 5.97 Å². The van der Waals surface area contributed by atoms with Crippen LogP contribution >= 0.6 is 0 Å². The van der Waals surface area contributed by atoms with Crippen LogP contribution in [-0.2, 0) is 16.0 Å². The molecule has 0 unspecified atom stereocenters. The molecule has 0 amide bonds. The van der Waals surface area contributed by atoms with Crippen molar-refractivity contribution in [2.75, 3.05) is 13.2 Å². The highest BCUT2D eigenvalue weighted by Gasteiger charge is 2.30. The number of aliphatic carboxylic acids is 1. The van der Waals surface area contributed by atoms with Gasteiger partial charge in [-0.15, -0.1) is 5.92 Å². The summed E-state index contributed by atoms with van der Waals surface area (Å²) in [7, 11) is 0. The first-order chi connectivity index (χ1) is 18.0. The van der Waals surface area contributed by atoms with Gasteiger partial charge in [0.05, 0.1) is 37.4 Å². The third kappa shape index (κ3) is 5.60. The summed E-state index contributed by atoms with van der Waals surface area (Å²) in [6.07, 6.45) is 3.46. The van der Waals surface area contributed by atoms with Gasteiger partial charge in [-0.2, -0.15) is 0 Å². The van der Waals surface area contributed by atoms with E-state index in [1.54, 1.807) is 31.3 Å². The SMILES string of the molecule is CC#C[C@@H](CC(=O)O)c1ccc(O[C@@H]2CCc3c(-c4ccc(O[C@@H]5CCOC5)cn4)ccc(F)c32)cc1. The van der Waals surface area contributed by atoms with Gasteiger partial charge in [-0.25, -0.2) is 4.39 Å². The summed E-state index contributed by atoms with van der Waals surface area (Å²) in [5, 5.41) is 9.17. The van der Waals surface area contributed by atoms with Crippen LogP contribution < -0.4 is 9.47 Å². The fourth-order valence-electron chi connectivity index (χ4n) is 4.98. The Labute approximate surface area is 215 Å². The summed E-state index contributed by atoms with van der Waals surface area (Å²) in [5.41, 5.74) is 3.93. The van der Waals surface area contributed by atoms with Crippen molar-refractivity contribution in [3.05, 3.63) is 77.2 Å². The second kappa shape index (κ2) is 11.0. The van der Waals surface area contributed by atoms with E-state index in [1.165, 1.54) is 6.07 Å². The number of carboxylic acids is 1. The van der Waals surface area contributed by atoms with Crippen LogP contribution in [0.15, 0.2) is 54.7 Å². The number of rotatable bonds is 8. The Morgan fingerprint density at radius 2 is 1.95 bits per heavy atom. The van der Waals surface area contributed by atoms with Crippen LogP contribution in [-0.4, -0.2) is 35.4 Å². The van der Waals surface area contributed by atoms with Crippen molar-refractivity contribution in [3.8, 4) is 34.6 Å². The van der Waals surface area contributed by atoms with Gasteiger partial charge in [0, 0.05) is 17.5 Å². The van der Waals surface area contributed by atoms with Crippen molar-refractivity contribution in [3.63, 3.8) is 0 Å². The number of ether oxygens (including phenoxy) is 3. The smallest absolute Gasteiger partial charge is 0.304 e. The highest BCUT2D eigenvalue weighted by molar-refractivity contribution is 5.69. The number of hydrogen-bond acceptors (Lipinski definition) is 5. The maximum Gasteiger partial charge on any atom is 0.304 e. The first-order valence-corrected chi connectivity index (χ1v) is 12.4. The summed E-state index contributed by atoms with van der Waals surface area (Å²) < 4.78 is 32.5. The van der Waals surface area contributed by atoms with Gasteiger partial charge in [0.1, 0.15) is 29.5 Å². The molecule has 7 heteroatoms. The number of carboxylic acid groups (broad SMARTS) is 1. The highest BCUT2D eigenvalue weighted by Crippen LogP contribution is 2.41. The van der Waals surface area contributed by atoms with Crippen molar-refractivity contribution in [2.45, 2.75) is 50.7 Å². The van der Waals surface area contributed by atoms with E-state index < -0.39 is 12.1 Å². The Morgan fingerprint density at radius 3 is 2.62 bits per heavy atom. The Morgan fingerprint density at radius 1 is 1.14 bits per heavy atom. The van der Waals surface area contributed by atoms with Crippen molar-refractivity contribution >= 4 is 5.97 Å². The molecule has 37 heavy (non-hydrogen) atoms. The normalized spacial score (nSPS) is 19.0. The molecule has 1 aliphatic heterocycles. The third-order valence-electron chi connectivity index (χ3n) is 6.74. The van der Waals surface area contributed by atoms with E-state index in [1.807, 2.05) is 24.3 Å². The zero-order chi connectivity index (χ0) is 25.8. The van der Waals surface area contributed by atoms with E-state index in [2.05, 4.69) is 16.8 Å². The molecule has 2 heterocycles. The van der Waals surface area contributed by atoms with Crippen molar-refractivity contribution in [1.29, 1.82) is 0 Å². The predicted octanol–water partition coefficient (Wildman–Crippen LogP) is 5.70. The molecule has 0 bridgehead atoms. The van der Waals surface area contributed by atoms with Crippen LogP contribution in [0.5, 0.6) is 11.5 Å². The summed E-state index contributed by atoms with van der Waals surface area (Å²) in [6, 6.07) is 14.3. The first-order valence-electron chi connectivity index (χ1n) is 12.4. The molecule has 1 aromatic heterocycles. The second-order valence-electron chi connectivity index (χ2n) is 9.23. The maximum atomic E-state index is 15.0. The average Bonchev–Trinajstić information content (AvgIpc) is 3.56. The van der Waals surface area contributed by atoms with Crippen molar-refractivity contribution in [2.24, 2.45) is 0 Å². The molecule has 0 saturated carbocycles. The molecule has 5 rings (SSSR count). The Hall–Kier alpha value is -3.89. The third-order valence-corrected chi connectivity index (χ3v) is 6.74. The van der Waals surface area contributed by atoms with E-state index in [9.17, 15) is 4.79 Å². The van der Waals surface area contributed by atoms with Gasteiger partial charge in [0.15, 0.2) is 0 Å². The molecule has 1 fully saturated rings. The minimum atomic E-state index is -0.901. The molecule has 3 aromatic rings. The molecule has 0 radical (unpaired) electrons. The quantitative estimate of drug-likeness (QED) is 0.399. The first kappa shape index (κ1) is 24.8. The largest absolute Gasteiger partial charge is 0.486 e. The number of nitrogens with zero attached hydrogens (tertiary/aromatic N) is 1. The van der Waals surface area contributed by atoms with E-state index in [4.69, 9.17) is 19.3 Å². The van der Waals surface area contributed by atoms with E-state index >= 15 is 4.39 Å². The monoisotopic (exact) mass is 501 g/mol. The molecule has 6 nitrogen and oxygen atoms in total. The van der Waals surface area contributed by atoms with Gasteiger partial charge < -0.3 is 19.3 Å². The zero-order valence-corrected chi connectivity index (χ0v) is 20.6. The number of benzene rings is 2. The molecule has 2 aromatic carbocycles. The second-order valence-corrected chi connectivity index (χ2v) is 9.23. The van der Waals surface area contributed by atoms with Gasteiger partial charge in [0.25, 0.3) is 0 Å². The van der Waals surface area contributed by atoms with Crippen LogP contribution in [0, 0.1) is 17.7 Å². The molecule has 1 N–H and O–H groups in total. The molecule has 2 aliphatic rings.